The van der Waals surface area contributed by atoms with Gasteiger partial charge >= 0.3 is 0 Å². The van der Waals surface area contributed by atoms with Crippen molar-refractivity contribution in [2.24, 2.45) is 0 Å². The first-order chi connectivity index (χ1) is 9.06. The molecule has 0 aromatic heterocycles. The molecule has 0 unspecified atom stereocenters. The highest BCUT2D eigenvalue weighted by Gasteiger charge is 2.09. The second-order valence-corrected chi connectivity index (χ2v) is 5.54. The zero-order valence-corrected chi connectivity index (χ0v) is 12.7. The van der Waals surface area contributed by atoms with E-state index in [-0.39, 0.29) is 18.1 Å². The molecule has 2 rings (SSSR count). The van der Waals surface area contributed by atoms with E-state index in [1.54, 1.807) is 36.4 Å². The summed E-state index contributed by atoms with van der Waals surface area (Å²) < 4.78 is 14.3. The maximum Gasteiger partial charge on any atom is 0.228 e. The lowest BCUT2D eigenvalue weighted by Gasteiger charge is -2.08. The van der Waals surface area contributed by atoms with Crippen molar-refractivity contribution in [1.29, 1.82) is 0 Å². The smallest absolute Gasteiger partial charge is 0.228 e. The van der Waals surface area contributed by atoms with Crippen molar-refractivity contribution in [2.75, 3.05) is 5.32 Å². The molecular weight excluding hydrogens is 380 g/mol. The molecule has 0 saturated heterocycles. The quantitative estimate of drug-likeness (QED) is 0.781. The van der Waals surface area contributed by atoms with Crippen LogP contribution in [-0.2, 0) is 11.2 Å². The van der Waals surface area contributed by atoms with Crippen LogP contribution in [-0.4, -0.2) is 5.91 Å². The number of rotatable bonds is 3. The Balaban J connectivity index is 2.08. The van der Waals surface area contributed by atoms with Crippen LogP contribution in [0.2, 0.25) is 5.02 Å². The van der Waals surface area contributed by atoms with Crippen molar-refractivity contribution in [3.8, 4) is 0 Å². The van der Waals surface area contributed by atoms with E-state index >= 15 is 0 Å². The van der Waals surface area contributed by atoms with Gasteiger partial charge in [-0.15, -0.1) is 0 Å². The fraction of sp³-hybridized carbons (Fsp3) is 0.0714. The highest BCUT2D eigenvalue weighted by molar-refractivity contribution is 14.1. The second kappa shape index (κ2) is 6.34. The van der Waals surface area contributed by atoms with Gasteiger partial charge in [0.1, 0.15) is 5.82 Å². The molecule has 0 aliphatic carbocycles. The number of carbonyl (C=O) groups is 1. The highest BCUT2D eigenvalue weighted by Crippen LogP contribution is 2.22. The van der Waals surface area contributed by atoms with Crippen LogP contribution in [0.5, 0.6) is 0 Å². The van der Waals surface area contributed by atoms with Crippen LogP contribution in [0, 0.1) is 9.39 Å². The van der Waals surface area contributed by atoms with Crippen molar-refractivity contribution >= 4 is 45.8 Å². The van der Waals surface area contributed by atoms with Crippen molar-refractivity contribution in [2.45, 2.75) is 6.42 Å². The number of nitrogens with one attached hydrogen (secondary N) is 1. The van der Waals surface area contributed by atoms with Crippen molar-refractivity contribution in [3.63, 3.8) is 0 Å². The van der Waals surface area contributed by atoms with Crippen LogP contribution in [0.25, 0.3) is 0 Å². The van der Waals surface area contributed by atoms with E-state index in [0.717, 1.165) is 3.57 Å². The van der Waals surface area contributed by atoms with Gasteiger partial charge in [0.25, 0.3) is 0 Å². The molecule has 0 bridgehead atoms. The lowest BCUT2D eigenvalue weighted by atomic mass is 10.1. The molecule has 2 aromatic rings. The molecule has 0 fully saturated rings. The molecule has 0 aliphatic rings. The summed E-state index contributed by atoms with van der Waals surface area (Å²) in [6, 6.07) is 11.4. The molecule has 19 heavy (non-hydrogen) atoms. The van der Waals surface area contributed by atoms with Crippen molar-refractivity contribution in [3.05, 3.63) is 62.4 Å². The normalized spacial score (nSPS) is 10.3. The summed E-state index contributed by atoms with van der Waals surface area (Å²) in [6.07, 6.45) is 0.00534. The second-order valence-electron chi connectivity index (χ2n) is 3.94. The van der Waals surface area contributed by atoms with Gasteiger partial charge in [0.2, 0.25) is 5.91 Å². The summed E-state index contributed by atoms with van der Waals surface area (Å²) in [5.74, 6) is -0.631. The van der Waals surface area contributed by atoms with Gasteiger partial charge in [-0.25, -0.2) is 4.39 Å². The summed E-state index contributed by atoms with van der Waals surface area (Å²) >= 11 is 7.92. The molecule has 0 atom stereocenters. The third-order valence-electron chi connectivity index (χ3n) is 2.51. The van der Waals surface area contributed by atoms with Crippen molar-refractivity contribution in [1.82, 2.24) is 0 Å². The monoisotopic (exact) mass is 389 g/mol. The molecule has 0 radical (unpaired) electrons. The molecule has 98 valence electrons. The summed E-state index contributed by atoms with van der Waals surface area (Å²) in [5, 5.41) is 3.35. The van der Waals surface area contributed by atoms with E-state index in [1.807, 2.05) is 0 Å². The molecule has 2 aromatic carbocycles. The largest absolute Gasteiger partial charge is 0.325 e. The Kier molecular flexibility index (Phi) is 4.76. The fourth-order valence-electron chi connectivity index (χ4n) is 1.60. The van der Waals surface area contributed by atoms with E-state index < -0.39 is 0 Å². The molecule has 0 spiro atoms. The Hall–Kier alpha value is -1.14. The number of carbonyl (C=O) groups excluding carboxylic acids is 1. The molecule has 1 amide bonds. The van der Waals surface area contributed by atoms with E-state index in [9.17, 15) is 9.18 Å². The Bertz CT molecular complexity index is 618. The SMILES string of the molecule is O=C(Cc1ccccc1F)Nc1ccc(Cl)cc1I. The fourth-order valence-corrected chi connectivity index (χ4v) is 2.61. The molecule has 0 saturated carbocycles. The van der Waals surface area contributed by atoms with Gasteiger partial charge in [-0.05, 0) is 52.4 Å². The Morgan fingerprint density at radius 1 is 1.26 bits per heavy atom. The number of benzene rings is 2. The first kappa shape index (κ1) is 14.3. The third kappa shape index (κ3) is 3.91. The first-order valence-electron chi connectivity index (χ1n) is 5.54. The molecular formula is C14H10ClFINO. The topological polar surface area (TPSA) is 29.1 Å². The number of halogens is 3. The summed E-state index contributed by atoms with van der Waals surface area (Å²) in [6.45, 7) is 0. The average Bonchev–Trinajstić information content (AvgIpc) is 2.36. The molecule has 1 N–H and O–H groups in total. The first-order valence-corrected chi connectivity index (χ1v) is 7.00. The Morgan fingerprint density at radius 3 is 2.68 bits per heavy atom. The zero-order valence-electron chi connectivity index (χ0n) is 9.79. The number of hydrogen-bond acceptors (Lipinski definition) is 1. The van der Waals surface area contributed by atoms with Crippen LogP contribution < -0.4 is 5.32 Å². The highest BCUT2D eigenvalue weighted by atomic mass is 127. The van der Waals surface area contributed by atoms with E-state index in [4.69, 9.17) is 11.6 Å². The van der Waals surface area contributed by atoms with Crippen LogP contribution in [0.1, 0.15) is 5.56 Å². The Labute approximate surface area is 129 Å². The summed E-state index contributed by atoms with van der Waals surface area (Å²) in [5.41, 5.74) is 1.05. The molecule has 0 aliphatic heterocycles. The van der Waals surface area contributed by atoms with E-state index in [2.05, 4.69) is 27.9 Å². The minimum Gasteiger partial charge on any atom is -0.325 e. The number of hydrogen-bond donors (Lipinski definition) is 1. The third-order valence-corrected chi connectivity index (χ3v) is 3.64. The number of anilines is 1. The maximum absolute atomic E-state index is 13.4. The van der Waals surface area contributed by atoms with Gasteiger partial charge in [0, 0.05) is 8.59 Å². The molecule has 0 heterocycles. The minimum absolute atomic E-state index is 0.00534. The predicted molar refractivity (Wildman–Crippen MR) is 82.9 cm³/mol. The van der Waals surface area contributed by atoms with E-state index in [0.29, 0.717) is 16.3 Å². The zero-order chi connectivity index (χ0) is 13.8. The molecule has 5 heteroatoms. The van der Waals surface area contributed by atoms with Gasteiger partial charge in [-0.1, -0.05) is 29.8 Å². The summed E-state index contributed by atoms with van der Waals surface area (Å²) in [4.78, 5) is 11.9. The van der Waals surface area contributed by atoms with Crippen LogP contribution >= 0.6 is 34.2 Å². The van der Waals surface area contributed by atoms with Gasteiger partial charge in [-0.3, -0.25) is 4.79 Å². The van der Waals surface area contributed by atoms with E-state index in [1.165, 1.54) is 6.07 Å². The van der Waals surface area contributed by atoms with Crippen LogP contribution in [0.15, 0.2) is 42.5 Å². The predicted octanol–water partition coefficient (Wildman–Crippen LogP) is 4.26. The van der Waals surface area contributed by atoms with Gasteiger partial charge < -0.3 is 5.32 Å². The number of amides is 1. The average molecular weight is 390 g/mol. The van der Waals surface area contributed by atoms with Gasteiger partial charge in [0.15, 0.2) is 0 Å². The standard InChI is InChI=1S/C14H10ClFINO/c15-10-5-6-13(12(17)8-10)18-14(19)7-9-3-1-2-4-11(9)16/h1-6,8H,7H2,(H,18,19). The van der Waals surface area contributed by atoms with Gasteiger partial charge in [-0.2, -0.15) is 0 Å². The minimum atomic E-state index is -0.372. The van der Waals surface area contributed by atoms with Crippen LogP contribution in [0.3, 0.4) is 0 Å². The summed E-state index contributed by atoms with van der Waals surface area (Å²) in [7, 11) is 0. The lowest BCUT2D eigenvalue weighted by Crippen LogP contribution is -2.15. The Morgan fingerprint density at radius 2 is 2.00 bits per heavy atom. The van der Waals surface area contributed by atoms with Crippen molar-refractivity contribution < 1.29 is 9.18 Å². The van der Waals surface area contributed by atoms with Crippen LogP contribution in [0.4, 0.5) is 10.1 Å². The lowest BCUT2D eigenvalue weighted by molar-refractivity contribution is -0.115. The van der Waals surface area contributed by atoms with Gasteiger partial charge in [0.05, 0.1) is 12.1 Å². The maximum atomic E-state index is 13.4. The molecule has 2 nitrogen and oxygen atoms in total.